The van der Waals surface area contributed by atoms with Crippen molar-refractivity contribution in [2.45, 2.75) is 26.2 Å². The van der Waals surface area contributed by atoms with Gasteiger partial charge in [-0.05, 0) is 42.8 Å². The lowest BCUT2D eigenvalue weighted by Crippen LogP contribution is -2.38. The Kier molecular flexibility index (Phi) is 7.67. The zero-order valence-electron chi connectivity index (χ0n) is 15.7. The highest BCUT2D eigenvalue weighted by Gasteiger charge is 2.17. The fraction of sp³-hybridized carbons (Fsp3) is 0.350. The van der Waals surface area contributed by atoms with Gasteiger partial charge in [-0.2, -0.15) is 0 Å². The first-order chi connectivity index (χ1) is 12.9. The van der Waals surface area contributed by atoms with Crippen LogP contribution >= 0.6 is 0 Å². The molecule has 27 heavy (non-hydrogen) atoms. The summed E-state index contributed by atoms with van der Waals surface area (Å²) in [5.74, 6) is 1.27. The zero-order valence-corrected chi connectivity index (χ0v) is 16.5. The molecule has 2 aromatic rings. The van der Waals surface area contributed by atoms with Gasteiger partial charge in [-0.15, -0.1) is 0 Å². The van der Waals surface area contributed by atoms with Crippen LogP contribution in [0.25, 0.3) is 0 Å². The van der Waals surface area contributed by atoms with E-state index in [4.69, 9.17) is 4.74 Å². The van der Waals surface area contributed by atoms with Crippen LogP contribution in [0.5, 0.6) is 11.5 Å². The SMILES string of the molecule is CCCCC(=O)NCCN(c1ccc(Oc2ccccc2)cc1)S(C)(=O)=O. The molecule has 0 saturated carbocycles. The van der Waals surface area contributed by atoms with Crippen LogP contribution in [0.4, 0.5) is 5.69 Å². The second-order valence-electron chi connectivity index (χ2n) is 6.20. The Balaban J connectivity index is 2.00. The molecule has 0 spiro atoms. The second kappa shape index (κ2) is 9.97. The Bertz CT molecular complexity index is 821. The molecule has 1 N–H and O–H groups in total. The van der Waals surface area contributed by atoms with Crippen LogP contribution in [-0.4, -0.2) is 33.7 Å². The van der Waals surface area contributed by atoms with Crippen molar-refractivity contribution >= 4 is 21.6 Å². The van der Waals surface area contributed by atoms with Gasteiger partial charge in [-0.25, -0.2) is 8.42 Å². The molecule has 0 aliphatic heterocycles. The maximum atomic E-state index is 12.1. The minimum absolute atomic E-state index is 0.0584. The predicted octanol–water partition coefficient (Wildman–Crippen LogP) is 3.55. The molecular formula is C20H26N2O4S. The Labute approximate surface area is 161 Å². The molecule has 0 atom stereocenters. The lowest BCUT2D eigenvalue weighted by molar-refractivity contribution is -0.121. The fourth-order valence-corrected chi connectivity index (χ4v) is 3.44. The molecule has 6 nitrogen and oxygen atoms in total. The maximum absolute atomic E-state index is 12.1. The third-order valence-corrected chi connectivity index (χ3v) is 5.09. The fourth-order valence-electron chi connectivity index (χ4n) is 2.51. The van der Waals surface area contributed by atoms with Crippen LogP contribution in [0.3, 0.4) is 0 Å². The van der Waals surface area contributed by atoms with Crippen molar-refractivity contribution < 1.29 is 17.9 Å². The van der Waals surface area contributed by atoms with E-state index in [9.17, 15) is 13.2 Å². The van der Waals surface area contributed by atoms with Gasteiger partial charge in [0.1, 0.15) is 11.5 Å². The monoisotopic (exact) mass is 390 g/mol. The molecule has 0 bridgehead atoms. The Morgan fingerprint density at radius 2 is 1.67 bits per heavy atom. The molecular weight excluding hydrogens is 364 g/mol. The Hall–Kier alpha value is -2.54. The first-order valence-corrected chi connectivity index (χ1v) is 10.8. The molecule has 0 radical (unpaired) electrons. The minimum Gasteiger partial charge on any atom is -0.457 e. The van der Waals surface area contributed by atoms with Gasteiger partial charge in [0.25, 0.3) is 0 Å². The number of anilines is 1. The first-order valence-electron chi connectivity index (χ1n) is 8.97. The van der Waals surface area contributed by atoms with Gasteiger partial charge in [0.15, 0.2) is 0 Å². The molecule has 0 aliphatic rings. The van der Waals surface area contributed by atoms with Crippen LogP contribution in [0.2, 0.25) is 0 Å². The summed E-state index contributed by atoms with van der Waals surface area (Å²) in [7, 11) is -3.46. The van der Waals surface area contributed by atoms with Crippen molar-refractivity contribution in [2.24, 2.45) is 0 Å². The number of carbonyl (C=O) groups is 1. The summed E-state index contributed by atoms with van der Waals surface area (Å²) in [6.07, 6.45) is 3.38. The molecule has 2 aromatic carbocycles. The van der Waals surface area contributed by atoms with E-state index >= 15 is 0 Å². The van der Waals surface area contributed by atoms with E-state index in [1.807, 2.05) is 37.3 Å². The van der Waals surface area contributed by atoms with Gasteiger partial charge in [0.2, 0.25) is 15.9 Å². The number of benzene rings is 2. The van der Waals surface area contributed by atoms with Gasteiger partial charge in [0, 0.05) is 13.0 Å². The van der Waals surface area contributed by atoms with Crippen LogP contribution in [0.1, 0.15) is 26.2 Å². The summed E-state index contributed by atoms with van der Waals surface area (Å²) in [6, 6.07) is 16.2. The lowest BCUT2D eigenvalue weighted by atomic mass is 10.2. The van der Waals surface area contributed by atoms with E-state index in [0.717, 1.165) is 19.1 Å². The number of para-hydroxylation sites is 1. The lowest BCUT2D eigenvalue weighted by Gasteiger charge is -2.22. The number of amides is 1. The van der Waals surface area contributed by atoms with Crippen molar-refractivity contribution in [3.8, 4) is 11.5 Å². The van der Waals surface area contributed by atoms with E-state index in [0.29, 0.717) is 23.6 Å². The molecule has 7 heteroatoms. The standard InChI is InChI=1S/C20H26N2O4S/c1-3-4-10-20(23)21-15-16-22(27(2,24)25)17-11-13-19(14-12-17)26-18-8-6-5-7-9-18/h5-9,11-14H,3-4,10,15-16H2,1-2H3,(H,21,23). The highest BCUT2D eigenvalue weighted by atomic mass is 32.2. The van der Waals surface area contributed by atoms with E-state index < -0.39 is 10.0 Å². The molecule has 0 aliphatic carbocycles. The van der Waals surface area contributed by atoms with E-state index in [2.05, 4.69) is 5.32 Å². The summed E-state index contributed by atoms with van der Waals surface area (Å²) < 4.78 is 31.3. The average Bonchev–Trinajstić information content (AvgIpc) is 2.64. The number of sulfonamides is 1. The molecule has 0 saturated heterocycles. The molecule has 0 fully saturated rings. The first kappa shape index (κ1) is 20.8. The largest absolute Gasteiger partial charge is 0.457 e. The summed E-state index contributed by atoms with van der Waals surface area (Å²) in [5, 5.41) is 2.76. The molecule has 2 rings (SSSR count). The molecule has 0 heterocycles. The Morgan fingerprint density at radius 3 is 2.26 bits per heavy atom. The summed E-state index contributed by atoms with van der Waals surface area (Å²) in [6.45, 7) is 2.46. The maximum Gasteiger partial charge on any atom is 0.232 e. The number of ether oxygens (including phenoxy) is 1. The third-order valence-electron chi connectivity index (χ3n) is 3.90. The summed E-state index contributed by atoms with van der Waals surface area (Å²) in [4.78, 5) is 11.7. The summed E-state index contributed by atoms with van der Waals surface area (Å²) in [5.41, 5.74) is 0.528. The number of hydrogen-bond donors (Lipinski definition) is 1. The van der Waals surface area contributed by atoms with Crippen molar-refractivity contribution in [1.29, 1.82) is 0 Å². The Morgan fingerprint density at radius 1 is 1.04 bits per heavy atom. The number of rotatable bonds is 10. The van der Waals surface area contributed by atoms with Crippen LogP contribution in [0.15, 0.2) is 54.6 Å². The quantitative estimate of drug-likeness (QED) is 0.673. The molecule has 1 amide bonds. The van der Waals surface area contributed by atoms with Gasteiger partial charge >= 0.3 is 0 Å². The van der Waals surface area contributed by atoms with Gasteiger partial charge in [-0.1, -0.05) is 31.5 Å². The number of hydrogen-bond acceptors (Lipinski definition) is 4. The third kappa shape index (κ3) is 6.94. The topological polar surface area (TPSA) is 75.7 Å². The highest BCUT2D eigenvalue weighted by Crippen LogP contribution is 2.25. The van der Waals surface area contributed by atoms with Crippen LogP contribution in [-0.2, 0) is 14.8 Å². The summed E-state index contributed by atoms with van der Waals surface area (Å²) >= 11 is 0. The zero-order chi connectivity index (χ0) is 19.7. The van der Waals surface area contributed by atoms with Crippen molar-refractivity contribution in [1.82, 2.24) is 5.32 Å². The van der Waals surface area contributed by atoms with Crippen LogP contribution < -0.4 is 14.4 Å². The number of nitrogens with one attached hydrogen (secondary N) is 1. The van der Waals surface area contributed by atoms with Gasteiger partial charge < -0.3 is 10.1 Å². The highest BCUT2D eigenvalue weighted by molar-refractivity contribution is 7.92. The number of carbonyl (C=O) groups excluding carboxylic acids is 1. The van der Waals surface area contributed by atoms with E-state index in [-0.39, 0.29) is 19.0 Å². The predicted molar refractivity (Wildman–Crippen MR) is 108 cm³/mol. The van der Waals surface area contributed by atoms with Crippen molar-refractivity contribution in [3.05, 3.63) is 54.6 Å². The second-order valence-corrected chi connectivity index (χ2v) is 8.10. The number of unbranched alkanes of at least 4 members (excludes halogenated alkanes) is 1. The van der Waals surface area contributed by atoms with Gasteiger partial charge in [0.05, 0.1) is 18.5 Å². The van der Waals surface area contributed by atoms with Crippen LogP contribution in [0, 0.1) is 0 Å². The number of nitrogens with zero attached hydrogens (tertiary/aromatic N) is 1. The normalized spacial score (nSPS) is 11.0. The molecule has 0 unspecified atom stereocenters. The van der Waals surface area contributed by atoms with E-state index in [1.54, 1.807) is 24.3 Å². The average molecular weight is 391 g/mol. The molecule has 146 valence electrons. The van der Waals surface area contributed by atoms with E-state index in [1.165, 1.54) is 4.31 Å². The van der Waals surface area contributed by atoms with Crippen molar-refractivity contribution in [3.63, 3.8) is 0 Å². The molecule has 0 aromatic heterocycles. The smallest absolute Gasteiger partial charge is 0.232 e. The van der Waals surface area contributed by atoms with Gasteiger partial charge in [-0.3, -0.25) is 9.10 Å². The minimum atomic E-state index is -3.46. The van der Waals surface area contributed by atoms with Crippen molar-refractivity contribution in [2.75, 3.05) is 23.7 Å².